The van der Waals surface area contributed by atoms with Crippen LogP contribution in [-0.4, -0.2) is 19.2 Å². The van der Waals surface area contributed by atoms with Crippen molar-refractivity contribution >= 4 is 0 Å². The van der Waals surface area contributed by atoms with Crippen LogP contribution in [0.1, 0.15) is 39.7 Å². The molecule has 2 nitrogen and oxygen atoms in total. The highest BCUT2D eigenvalue weighted by molar-refractivity contribution is 5.33. The molecule has 0 radical (unpaired) electrons. The Kier molecular flexibility index (Phi) is 5.67. The van der Waals surface area contributed by atoms with Gasteiger partial charge in [-0.2, -0.15) is 0 Å². The standard InChI is InChI=1S/C16H27NO/c1-13(10-11-17-16(2,3)4)12-14-8-6-7-9-15(14)18-5/h6-9,13,17H,10-12H2,1-5H3. The minimum absolute atomic E-state index is 0.212. The second-order valence-electron chi connectivity index (χ2n) is 6.09. The third-order valence-electron chi connectivity index (χ3n) is 3.05. The molecule has 102 valence electrons. The maximum Gasteiger partial charge on any atom is 0.122 e. The molecule has 0 saturated heterocycles. The summed E-state index contributed by atoms with van der Waals surface area (Å²) in [5, 5.41) is 3.54. The molecule has 2 heteroatoms. The van der Waals surface area contributed by atoms with Gasteiger partial charge in [-0.05, 0) is 57.7 Å². The number of ether oxygens (including phenoxy) is 1. The summed E-state index contributed by atoms with van der Waals surface area (Å²) in [6.07, 6.45) is 2.27. The lowest BCUT2D eigenvalue weighted by atomic mass is 9.97. The largest absolute Gasteiger partial charge is 0.496 e. The highest BCUT2D eigenvalue weighted by atomic mass is 16.5. The van der Waals surface area contributed by atoms with Crippen LogP contribution in [0.3, 0.4) is 0 Å². The first-order valence-corrected chi connectivity index (χ1v) is 6.79. The van der Waals surface area contributed by atoms with Crippen LogP contribution < -0.4 is 10.1 Å². The summed E-state index contributed by atoms with van der Waals surface area (Å²) in [6.45, 7) is 9.99. The molecule has 1 aromatic rings. The van der Waals surface area contributed by atoms with Crippen LogP contribution in [-0.2, 0) is 6.42 Å². The van der Waals surface area contributed by atoms with E-state index < -0.39 is 0 Å². The zero-order valence-electron chi connectivity index (χ0n) is 12.4. The zero-order chi connectivity index (χ0) is 13.6. The van der Waals surface area contributed by atoms with Crippen LogP contribution in [0, 0.1) is 5.92 Å². The van der Waals surface area contributed by atoms with E-state index in [0.29, 0.717) is 5.92 Å². The van der Waals surface area contributed by atoms with E-state index in [-0.39, 0.29) is 5.54 Å². The Balaban J connectivity index is 2.42. The molecule has 0 saturated carbocycles. The van der Waals surface area contributed by atoms with E-state index >= 15 is 0 Å². The van der Waals surface area contributed by atoms with Crippen molar-refractivity contribution in [2.75, 3.05) is 13.7 Å². The Hall–Kier alpha value is -1.02. The van der Waals surface area contributed by atoms with E-state index in [1.807, 2.05) is 12.1 Å². The van der Waals surface area contributed by atoms with Crippen molar-refractivity contribution in [3.8, 4) is 5.75 Å². The SMILES string of the molecule is COc1ccccc1CC(C)CCNC(C)(C)C. The molecule has 1 aromatic carbocycles. The molecule has 1 N–H and O–H groups in total. The first-order valence-electron chi connectivity index (χ1n) is 6.79. The Labute approximate surface area is 112 Å². The van der Waals surface area contributed by atoms with E-state index in [9.17, 15) is 0 Å². The molecule has 0 aliphatic carbocycles. The summed E-state index contributed by atoms with van der Waals surface area (Å²) < 4.78 is 5.39. The number of hydrogen-bond donors (Lipinski definition) is 1. The third kappa shape index (κ3) is 5.54. The fourth-order valence-corrected chi connectivity index (χ4v) is 2.04. The minimum atomic E-state index is 0.212. The van der Waals surface area contributed by atoms with Crippen molar-refractivity contribution in [3.05, 3.63) is 29.8 Å². The van der Waals surface area contributed by atoms with E-state index in [1.165, 1.54) is 12.0 Å². The topological polar surface area (TPSA) is 21.3 Å². The maximum absolute atomic E-state index is 5.39. The van der Waals surface area contributed by atoms with E-state index in [0.717, 1.165) is 18.7 Å². The van der Waals surface area contributed by atoms with Gasteiger partial charge in [0, 0.05) is 5.54 Å². The molecule has 0 aromatic heterocycles. The molecule has 1 rings (SSSR count). The zero-order valence-corrected chi connectivity index (χ0v) is 12.4. The Morgan fingerprint density at radius 3 is 2.50 bits per heavy atom. The average Bonchev–Trinajstić information content (AvgIpc) is 2.28. The van der Waals surface area contributed by atoms with Crippen LogP contribution in [0.25, 0.3) is 0 Å². The Morgan fingerprint density at radius 2 is 1.89 bits per heavy atom. The van der Waals surface area contributed by atoms with Gasteiger partial charge in [-0.25, -0.2) is 0 Å². The van der Waals surface area contributed by atoms with Gasteiger partial charge < -0.3 is 10.1 Å². The summed E-state index contributed by atoms with van der Waals surface area (Å²) in [7, 11) is 1.74. The molecular formula is C16H27NO. The van der Waals surface area contributed by atoms with E-state index in [1.54, 1.807) is 7.11 Å². The number of hydrogen-bond acceptors (Lipinski definition) is 2. The van der Waals surface area contributed by atoms with Crippen LogP contribution in [0.4, 0.5) is 0 Å². The molecule has 18 heavy (non-hydrogen) atoms. The lowest BCUT2D eigenvalue weighted by Gasteiger charge is -2.22. The van der Waals surface area contributed by atoms with Gasteiger partial charge in [0.25, 0.3) is 0 Å². The Morgan fingerprint density at radius 1 is 1.22 bits per heavy atom. The Bertz CT molecular complexity index is 354. The van der Waals surface area contributed by atoms with Crippen molar-refractivity contribution in [1.82, 2.24) is 5.32 Å². The van der Waals surface area contributed by atoms with Gasteiger partial charge >= 0.3 is 0 Å². The summed E-state index contributed by atoms with van der Waals surface area (Å²) in [6, 6.07) is 8.30. The lowest BCUT2D eigenvalue weighted by Crippen LogP contribution is -2.37. The van der Waals surface area contributed by atoms with Gasteiger partial charge in [0.2, 0.25) is 0 Å². The fraction of sp³-hybridized carbons (Fsp3) is 0.625. The molecule has 0 bridgehead atoms. The molecule has 0 spiro atoms. The predicted molar refractivity (Wildman–Crippen MR) is 78.2 cm³/mol. The van der Waals surface area contributed by atoms with Gasteiger partial charge in [0.15, 0.2) is 0 Å². The average molecular weight is 249 g/mol. The highest BCUT2D eigenvalue weighted by Gasteiger charge is 2.11. The molecule has 0 aliphatic heterocycles. The predicted octanol–water partition coefficient (Wildman–Crippen LogP) is 3.65. The summed E-state index contributed by atoms with van der Waals surface area (Å²) >= 11 is 0. The summed E-state index contributed by atoms with van der Waals surface area (Å²) in [5.74, 6) is 1.67. The second-order valence-corrected chi connectivity index (χ2v) is 6.09. The molecule has 0 fully saturated rings. The van der Waals surface area contributed by atoms with E-state index in [4.69, 9.17) is 4.74 Å². The van der Waals surface area contributed by atoms with Crippen LogP contribution in [0.2, 0.25) is 0 Å². The maximum atomic E-state index is 5.39. The quantitative estimate of drug-likeness (QED) is 0.831. The van der Waals surface area contributed by atoms with Crippen LogP contribution in [0.5, 0.6) is 5.75 Å². The van der Waals surface area contributed by atoms with Crippen molar-refractivity contribution in [3.63, 3.8) is 0 Å². The minimum Gasteiger partial charge on any atom is -0.496 e. The third-order valence-corrected chi connectivity index (χ3v) is 3.05. The van der Waals surface area contributed by atoms with Gasteiger partial charge in [-0.1, -0.05) is 25.1 Å². The second kappa shape index (κ2) is 6.79. The first kappa shape index (κ1) is 15.0. The molecular weight excluding hydrogens is 222 g/mol. The van der Waals surface area contributed by atoms with Gasteiger partial charge in [0.1, 0.15) is 5.75 Å². The molecule has 1 atom stereocenters. The lowest BCUT2D eigenvalue weighted by molar-refractivity contribution is 0.385. The summed E-state index contributed by atoms with van der Waals surface area (Å²) in [4.78, 5) is 0. The van der Waals surface area contributed by atoms with Gasteiger partial charge in [-0.3, -0.25) is 0 Å². The molecule has 0 heterocycles. The number of methoxy groups -OCH3 is 1. The van der Waals surface area contributed by atoms with Crippen molar-refractivity contribution in [2.24, 2.45) is 5.92 Å². The van der Waals surface area contributed by atoms with Gasteiger partial charge in [-0.15, -0.1) is 0 Å². The summed E-state index contributed by atoms with van der Waals surface area (Å²) in [5.41, 5.74) is 1.52. The number of nitrogens with one attached hydrogen (secondary N) is 1. The first-order chi connectivity index (χ1) is 8.42. The normalized spacial score (nSPS) is 13.4. The van der Waals surface area contributed by atoms with Crippen LogP contribution in [0.15, 0.2) is 24.3 Å². The van der Waals surface area contributed by atoms with Crippen molar-refractivity contribution in [1.29, 1.82) is 0 Å². The van der Waals surface area contributed by atoms with Crippen molar-refractivity contribution in [2.45, 2.75) is 46.1 Å². The van der Waals surface area contributed by atoms with Gasteiger partial charge in [0.05, 0.1) is 7.11 Å². The highest BCUT2D eigenvalue weighted by Crippen LogP contribution is 2.21. The smallest absolute Gasteiger partial charge is 0.122 e. The fourth-order valence-electron chi connectivity index (χ4n) is 2.04. The van der Waals surface area contributed by atoms with E-state index in [2.05, 4.69) is 45.1 Å². The molecule has 0 amide bonds. The number of para-hydroxylation sites is 1. The number of rotatable bonds is 6. The van der Waals surface area contributed by atoms with Crippen molar-refractivity contribution < 1.29 is 4.74 Å². The molecule has 0 aliphatic rings. The van der Waals surface area contributed by atoms with Crippen LogP contribution >= 0.6 is 0 Å². The monoisotopic (exact) mass is 249 g/mol. The number of benzene rings is 1. The molecule has 1 unspecified atom stereocenters.